The zero-order valence-electron chi connectivity index (χ0n) is 8.50. The highest BCUT2D eigenvalue weighted by Gasteiger charge is 2.57. The van der Waals surface area contributed by atoms with Crippen molar-refractivity contribution in [1.29, 1.82) is 0 Å². The van der Waals surface area contributed by atoms with E-state index in [0.717, 1.165) is 6.42 Å². The van der Waals surface area contributed by atoms with Crippen molar-refractivity contribution in [3.8, 4) is 0 Å². The van der Waals surface area contributed by atoms with Crippen LogP contribution in [0.15, 0.2) is 17.5 Å². The number of hydrogen-bond acceptors (Lipinski definition) is 3. The van der Waals surface area contributed by atoms with Gasteiger partial charge in [-0.2, -0.15) is 0 Å². The second-order valence-electron chi connectivity index (χ2n) is 4.38. The van der Waals surface area contributed by atoms with Gasteiger partial charge in [0.1, 0.15) is 6.04 Å². The van der Waals surface area contributed by atoms with Crippen molar-refractivity contribution in [2.45, 2.75) is 12.5 Å². The number of fused-ring (bicyclic) bond motifs is 1. The Hall–Kier alpha value is -1.36. The van der Waals surface area contributed by atoms with Crippen LogP contribution in [0.1, 0.15) is 16.1 Å². The highest BCUT2D eigenvalue weighted by atomic mass is 32.1. The van der Waals surface area contributed by atoms with Crippen LogP contribution in [0.2, 0.25) is 0 Å². The number of piperidine rings is 1. The van der Waals surface area contributed by atoms with E-state index in [-0.39, 0.29) is 11.8 Å². The summed E-state index contributed by atoms with van der Waals surface area (Å²) in [6, 6.07) is 2.96. The van der Waals surface area contributed by atoms with Crippen molar-refractivity contribution in [3.05, 3.63) is 22.4 Å². The molecule has 0 bridgehead atoms. The van der Waals surface area contributed by atoms with Crippen LogP contribution in [0, 0.1) is 11.8 Å². The fourth-order valence-corrected chi connectivity index (χ4v) is 3.21. The van der Waals surface area contributed by atoms with Crippen LogP contribution in [-0.2, 0) is 4.79 Å². The molecule has 1 saturated heterocycles. The molecule has 84 valence electrons. The Kier molecular flexibility index (Phi) is 2.04. The van der Waals surface area contributed by atoms with Crippen LogP contribution >= 0.6 is 11.3 Å². The smallest absolute Gasteiger partial charge is 0.326 e. The third kappa shape index (κ3) is 1.35. The van der Waals surface area contributed by atoms with E-state index in [1.54, 1.807) is 6.07 Å². The standard InChI is InChI=1S/C11H11NO3S/c13-10(8-2-1-3-16-8)12-5-6-4-7(6)9(12)11(14)15/h1-3,6-7,9H,4-5H2,(H,14,15)/t6-,7-,9+/m1/s1. The number of likely N-dealkylation sites (tertiary alicyclic amines) is 1. The van der Waals surface area contributed by atoms with Gasteiger partial charge >= 0.3 is 5.97 Å². The molecule has 0 aromatic carbocycles. The van der Waals surface area contributed by atoms with Crippen molar-refractivity contribution in [1.82, 2.24) is 4.90 Å². The minimum atomic E-state index is -0.866. The Labute approximate surface area is 96.5 Å². The summed E-state index contributed by atoms with van der Waals surface area (Å²) in [6.45, 7) is 0.609. The molecule has 1 aromatic heterocycles. The number of carbonyl (C=O) groups is 2. The zero-order valence-corrected chi connectivity index (χ0v) is 9.31. The Morgan fingerprint density at radius 3 is 2.94 bits per heavy atom. The first-order valence-electron chi connectivity index (χ1n) is 5.26. The maximum Gasteiger partial charge on any atom is 0.326 e. The Bertz CT molecular complexity index is 442. The number of rotatable bonds is 2. The van der Waals surface area contributed by atoms with Gasteiger partial charge in [0, 0.05) is 6.54 Å². The van der Waals surface area contributed by atoms with E-state index >= 15 is 0 Å². The quantitative estimate of drug-likeness (QED) is 0.843. The van der Waals surface area contributed by atoms with E-state index in [9.17, 15) is 9.59 Å². The van der Waals surface area contributed by atoms with Crippen molar-refractivity contribution in [2.24, 2.45) is 11.8 Å². The first-order chi connectivity index (χ1) is 7.68. The molecule has 0 unspecified atom stereocenters. The third-order valence-electron chi connectivity index (χ3n) is 3.40. The lowest BCUT2D eigenvalue weighted by molar-refractivity contribution is -0.142. The summed E-state index contributed by atoms with van der Waals surface area (Å²) in [5.41, 5.74) is 0. The molecule has 1 aliphatic heterocycles. The van der Waals surface area contributed by atoms with Gasteiger partial charge in [-0.25, -0.2) is 4.79 Å². The normalized spacial score (nSPS) is 31.2. The van der Waals surface area contributed by atoms with E-state index in [0.29, 0.717) is 17.3 Å². The number of amides is 1. The molecule has 1 aromatic rings. The molecule has 1 aliphatic carbocycles. The minimum absolute atomic E-state index is 0.130. The predicted octanol–water partition coefficient (Wildman–Crippen LogP) is 1.29. The number of nitrogens with zero attached hydrogens (tertiary/aromatic N) is 1. The number of carbonyl (C=O) groups excluding carboxylic acids is 1. The fourth-order valence-electron chi connectivity index (χ4n) is 2.53. The van der Waals surface area contributed by atoms with E-state index in [1.165, 1.54) is 16.2 Å². The lowest BCUT2D eigenvalue weighted by Gasteiger charge is -2.23. The lowest BCUT2D eigenvalue weighted by atomic mass is 10.2. The van der Waals surface area contributed by atoms with Gasteiger partial charge in [0.05, 0.1) is 4.88 Å². The number of carboxylic acids is 1. The van der Waals surface area contributed by atoms with Crippen LogP contribution in [0.3, 0.4) is 0 Å². The van der Waals surface area contributed by atoms with Gasteiger partial charge in [-0.15, -0.1) is 11.3 Å². The predicted molar refractivity (Wildman–Crippen MR) is 58.4 cm³/mol. The Balaban J connectivity index is 1.85. The molecule has 1 N–H and O–H groups in total. The second kappa shape index (κ2) is 3.31. The molecule has 0 spiro atoms. The largest absolute Gasteiger partial charge is 0.480 e. The Morgan fingerprint density at radius 2 is 2.31 bits per heavy atom. The molecule has 3 atom stereocenters. The van der Waals surface area contributed by atoms with Crippen LogP contribution in [0.5, 0.6) is 0 Å². The topological polar surface area (TPSA) is 57.6 Å². The molecule has 2 aliphatic rings. The van der Waals surface area contributed by atoms with Gasteiger partial charge in [0.25, 0.3) is 5.91 Å². The first-order valence-corrected chi connectivity index (χ1v) is 6.13. The molecule has 2 heterocycles. The lowest BCUT2D eigenvalue weighted by Crippen LogP contribution is -2.43. The van der Waals surface area contributed by atoms with Gasteiger partial charge in [0.2, 0.25) is 0 Å². The van der Waals surface area contributed by atoms with Crippen molar-refractivity contribution in [2.75, 3.05) is 6.54 Å². The van der Waals surface area contributed by atoms with E-state index < -0.39 is 12.0 Å². The van der Waals surface area contributed by atoms with Crippen LogP contribution in [0.4, 0.5) is 0 Å². The first kappa shape index (κ1) is 9.84. The van der Waals surface area contributed by atoms with E-state index in [2.05, 4.69) is 0 Å². The van der Waals surface area contributed by atoms with E-state index in [1.807, 2.05) is 11.4 Å². The highest BCUT2D eigenvalue weighted by Crippen LogP contribution is 2.50. The average molecular weight is 237 g/mol. The third-order valence-corrected chi connectivity index (χ3v) is 4.25. The number of thiophene rings is 1. The molecule has 4 nitrogen and oxygen atoms in total. The summed E-state index contributed by atoms with van der Waals surface area (Å²) >= 11 is 1.36. The summed E-state index contributed by atoms with van der Waals surface area (Å²) in [4.78, 5) is 25.3. The molecular formula is C11H11NO3S. The maximum absolute atomic E-state index is 12.1. The average Bonchev–Trinajstić information content (AvgIpc) is 2.72. The SMILES string of the molecule is O=C(O)[C@@H]1[C@@H]2C[C@@H]2CN1C(=O)c1cccs1. The Morgan fingerprint density at radius 1 is 1.50 bits per heavy atom. The summed E-state index contributed by atoms with van der Waals surface area (Å²) in [6.07, 6.45) is 0.963. The molecule has 2 fully saturated rings. The molecule has 1 amide bonds. The molecular weight excluding hydrogens is 226 g/mol. The number of hydrogen-bond donors (Lipinski definition) is 1. The summed E-state index contributed by atoms with van der Waals surface area (Å²) in [5, 5.41) is 11.0. The number of carboxylic acid groups (broad SMARTS) is 1. The van der Waals surface area contributed by atoms with Crippen LogP contribution in [-0.4, -0.2) is 34.5 Å². The second-order valence-corrected chi connectivity index (χ2v) is 5.33. The van der Waals surface area contributed by atoms with Crippen LogP contribution < -0.4 is 0 Å². The summed E-state index contributed by atoms with van der Waals surface area (Å²) in [7, 11) is 0. The van der Waals surface area contributed by atoms with Crippen molar-refractivity contribution in [3.63, 3.8) is 0 Å². The van der Waals surface area contributed by atoms with Crippen molar-refractivity contribution >= 4 is 23.2 Å². The fraction of sp³-hybridized carbons (Fsp3) is 0.455. The highest BCUT2D eigenvalue weighted by molar-refractivity contribution is 7.12. The van der Waals surface area contributed by atoms with E-state index in [4.69, 9.17) is 5.11 Å². The summed E-state index contributed by atoms with van der Waals surface area (Å²) < 4.78 is 0. The molecule has 0 radical (unpaired) electrons. The monoisotopic (exact) mass is 237 g/mol. The van der Waals surface area contributed by atoms with Gasteiger partial charge < -0.3 is 10.0 Å². The molecule has 5 heteroatoms. The van der Waals surface area contributed by atoms with Gasteiger partial charge in [-0.05, 0) is 29.7 Å². The maximum atomic E-state index is 12.1. The van der Waals surface area contributed by atoms with Crippen molar-refractivity contribution < 1.29 is 14.7 Å². The molecule has 3 rings (SSSR count). The van der Waals surface area contributed by atoms with Gasteiger partial charge in [0.15, 0.2) is 0 Å². The molecule has 16 heavy (non-hydrogen) atoms. The zero-order chi connectivity index (χ0) is 11.3. The minimum Gasteiger partial charge on any atom is -0.480 e. The molecule has 1 saturated carbocycles. The van der Waals surface area contributed by atoms with Gasteiger partial charge in [-0.3, -0.25) is 4.79 Å². The van der Waals surface area contributed by atoms with Gasteiger partial charge in [-0.1, -0.05) is 6.07 Å². The number of aliphatic carboxylic acids is 1. The summed E-state index contributed by atoms with van der Waals surface area (Å²) in [5.74, 6) is -0.379. The van der Waals surface area contributed by atoms with Crippen LogP contribution in [0.25, 0.3) is 0 Å².